The van der Waals surface area contributed by atoms with Crippen molar-refractivity contribution in [3.63, 3.8) is 0 Å². The number of carbonyl (C=O) groups excluding carboxylic acids is 1. The van der Waals surface area contributed by atoms with Crippen molar-refractivity contribution in [1.82, 2.24) is 0 Å². The van der Waals surface area contributed by atoms with Crippen molar-refractivity contribution in [3.8, 4) is 0 Å². The second-order valence-electron chi connectivity index (χ2n) is 4.56. The lowest BCUT2D eigenvalue weighted by Gasteiger charge is -2.09. The predicted molar refractivity (Wildman–Crippen MR) is 67.2 cm³/mol. The van der Waals surface area contributed by atoms with E-state index >= 15 is 0 Å². The molecule has 0 aromatic heterocycles. The lowest BCUT2D eigenvalue weighted by atomic mass is 10.1. The summed E-state index contributed by atoms with van der Waals surface area (Å²) in [6.07, 6.45) is 2.02. The number of rotatable bonds is 4. The molecule has 1 fully saturated rings. The fourth-order valence-electron chi connectivity index (χ4n) is 1.68. The Balaban J connectivity index is 2.33. The number of hydrogen-bond donors (Lipinski definition) is 0. The van der Waals surface area contributed by atoms with E-state index in [2.05, 4.69) is 0 Å². The molecule has 0 heterocycles. The van der Waals surface area contributed by atoms with E-state index in [0.717, 1.165) is 25.0 Å². The van der Waals surface area contributed by atoms with Crippen LogP contribution in [0.3, 0.4) is 0 Å². The zero-order valence-corrected chi connectivity index (χ0v) is 11.7. The van der Waals surface area contributed by atoms with Crippen molar-refractivity contribution in [3.05, 3.63) is 29.1 Å². The second kappa shape index (κ2) is 5.09. The maximum absolute atomic E-state index is 13.4. The Morgan fingerprint density at radius 3 is 2.63 bits per heavy atom. The number of carbonyl (C=O) groups is 1. The fourth-order valence-corrected chi connectivity index (χ4v) is 2.88. The second-order valence-corrected chi connectivity index (χ2v) is 7.09. The summed E-state index contributed by atoms with van der Waals surface area (Å²) in [5.41, 5.74) is -0.0166. The molecule has 104 valence electrons. The highest BCUT2D eigenvalue weighted by Gasteiger charge is 2.25. The minimum absolute atomic E-state index is 0.0946. The molecule has 1 aromatic carbocycles. The van der Waals surface area contributed by atoms with Gasteiger partial charge in [0.2, 0.25) is 0 Å². The molecule has 1 aromatic rings. The van der Waals surface area contributed by atoms with E-state index < -0.39 is 25.7 Å². The van der Waals surface area contributed by atoms with Crippen LogP contribution < -0.4 is 0 Å². The standard InChI is InChI=1S/C12H12ClFO4S/c1-7-10(12(15)18-6-8-2-3-8)4-9(14)5-11(7)19(13,16)17/h4-5,8H,2-3,6H2,1H3. The highest BCUT2D eigenvalue weighted by Crippen LogP contribution is 2.30. The van der Waals surface area contributed by atoms with Crippen LogP contribution in [-0.4, -0.2) is 21.0 Å². The van der Waals surface area contributed by atoms with Crippen molar-refractivity contribution in [2.24, 2.45) is 5.92 Å². The molecule has 0 unspecified atom stereocenters. The molecule has 0 saturated heterocycles. The van der Waals surface area contributed by atoms with Crippen LogP contribution in [0.4, 0.5) is 4.39 Å². The van der Waals surface area contributed by atoms with Gasteiger partial charge >= 0.3 is 5.97 Å². The van der Waals surface area contributed by atoms with Crippen molar-refractivity contribution < 1.29 is 22.3 Å². The molecule has 1 aliphatic carbocycles. The summed E-state index contributed by atoms with van der Waals surface area (Å²) in [5.74, 6) is -1.21. The number of benzene rings is 1. The zero-order chi connectivity index (χ0) is 14.2. The SMILES string of the molecule is Cc1c(C(=O)OCC2CC2)cc(F)cc1S(=O)(=O)Cl. The molecule has 7 heteroatoms. The van der Waals surface area contributed by atoms with Gasteiger partial charge in [-0.2, -0.15) is 0 Å². The van der Waals surface area contributed by atoms with Crippen molar-refractivity contribution in [2.45, 2.75) is 24.7 Å². The molecule has 2 rings (SSSR count). The van der Waals surface area contributed by atoms with E-state index in [4.69, 9.17) is 15.4 Å². The molecule has 0 spiro atoms. The summed E-state index contributed by atoms with van der Waals surface area (Å²) < 4.78 is 41.0. The third-order valence-electron chi connectivity index (χ3n) is 2.95. The maximum Gasteiger partial charge on any atom is 0.338 e. The Morgan fingerprint density at radius 2 is 2.11 bits per heavy atom. The van der Waals surface area contributed by atoms with Gasteiger partial charge in [0.15, 0.2) is 0 Å². The molecule has 0 N–H and O–H groups in total. The molecule has 1 aliphatic rings. The summed E-state index contributed by atoms with van der Waals surface area (Å²) in [6, 6.07) is 1.74. The maximum atomic E-state index is 13.4. The smallest absolute Gasteiger partial charge is 0.338 e. The fraction of sp³-hybridized carbons (Fsp3) is 0.417. The van der Waals surface area contributed by atoms with E-state index in [1.165, 1.54) is 6.92 Å². The summed E-state index contributed by atoms with van der Waals surface area (Å²) in [4.78, 5) is 11.4. The van der Waals surface area contributed by atoms with Gasteiger partial charge in [-0.3, -0.25) is 0 Å². The summed E-state index contributed by atoms with van der Waals surface area (Å²) in [6.45, 7) is 1.67. The molecule has 0 atom stereocenters. The van der Waals surface area contributed by atoms with E-state index in [-0.39, 0.29) is 17.7 Å². The predicted octanol–water partition coefficient (Wildman–Crippen LogP) is 2.63. The van der Waals surface area contributed by atoms with E-state index in [1.54, 1.807) is 0 Å². The van der Waals surface area contributed by atoms with Gasteiger partial charge in [-0.05, 0) is 43.4 Å². The van der Waals surface area contributed by atoms with Gasteiger partial charge in [-0.1, -0.05) is 0 Å². The third-order valence-corrected chi connectivity index (χ3v) is 4.40. The van der Waals surface area contributed by atoms with E-state index in [9.17, 15) is 17.6 Å². The van der Waals surface area contributed by atoms with Crippen LogP contribution in [0.5, 0.6) is 0 Å². The minimum atomic E-state index is -4.11. The van der Waals surface area contributed by atoms with Crippen LogP contribution in [0.15, 0.2) is 17.0 Å². The summed E-state index contributed by atoms with van der Waals surface area (Å²) in [7, 11) is 1.10. The molecule has 4 nitrogen and oxygen atoms in total. The molecule has 0 bridgehead atoms. The normalized spacial score (nSPS) is 15.3. The van der Waals surface area contributed by atoms with Crippen LogP contribution in [0, 0.1) is 18.7 Å². The van der Waals surface area contributed by atoms with Gasteiger partial charge in [-0.15, -0.1) is 0 Å². The van der Waals surface area contributed by atoms with E-state index in [0.29, 0.717) is 5.92 Å². The third kappa shape index (κ3) is 3.45. The monoisotopic (exact) mass is 306 g/mol. The first kappa shape index (κ1) is 14.3. The van der Waals surface area contributed by atoms with Gasteiger partial charge in [-0.25, -0.2) is 17.6 Å². The van der Waals surface area contributed by atoms with Gasteiger partial charge in [0.25, 0.3) is 9.05 Å². The molecule has 1 saturated carbocycles. The number of ether oxygens (including phenoxy) is 1. The van der Waals surface area contributed by atoms with Crippen LogP contribution in [0.2, 0.25) is 0 Å². The van der Waals surface area contributed by atoms with Crippen molar-refractivity contribution in [2.75, 3.05) is 6.61 Å². The lowest BCUT2D eigenvalue weighted by molar-refractivity contribution is 0.0484. The Hall–Kier alpha value is -1.14. The topological polar surface area (TPSA) is 60.4 Å². The highest BCUT2D eigenvalue weighted by molar-refractivity contribution is 8.13. The first-order chi connectivity index (χ1) is 8.79. The molecule has 0 amide bonds. The molecular formula is C12H12ClFO4S. The Labute approximate surface area is 114 Å². The van der Waals surface area contributed by atoms with Crippen LogP contribution in [0.25, 0.3) is 0 Å². The van der Waals surface area contributed by atoms with Gasteiger partial charge in [0.05, 0.1) is 17.1 Å². The van der Waals surface area contributed by atoms with Crippen LogP contribution >= 0.6 is 10.7 Å². The van der Waals surface area contributed by atoms with Crippen molar-refractivity contribution in [1.29, 1.82) is 0 Å². The Morgan fingerprint density at radius 1 is 1.47 bits per heavy atom. The quantitative estimate of drug-likeness (QED) is 0.634. The van der Waals surface area contributed by atoms with Gasteiger partial charge in [0, 0.05) is 10.7 Å². The highest BCUT2D eigenvalue weighted by atomic mass is 35.7. The first-order valence-corrected chi connectivity index (χ1v) is 8.02. The molecule has 19 heavy (non-hydrogen) atoms. The zero-order valence-electron chi connectivity index (χ0n) is 10.2. The van der Waals surface area contributed by atoms with Gasteiger partial charge in [0.1, 0.15) is 5.82 Å². The number of halogens is 2. The average Bonchev–Trinajstić information content (AvgIpc) is 3.11. The van der Waals surface area contributed by atoms with Gasteiger partial charge < -0.3 is 4.74 Å². The first-order valence-electron chi connectivity index (χ1n) is 5.71. The number of esters is 1. The molecule has 0 radical (unpaired) electrons. The minimum Gasteiger partial charge on any atom is -0.462 e. The van der Waals surface area contributed by atoms with Crippen LogP contribution in [0.1, 0.15) is 28.8 Å². The van der Waals surface area contributed by atoms with E-state index in [1.807, 2.05) is 0 Å². The molecule has 0 aliphatic heterocycles. The summed E-state index contributed by atoms with van der Waals surface area (Å²) in [5, 5.41) is 0. The average molecular weight is 307 g/mol. The Bertz CT molecular complexity index is 623. The number of hydrogen-bond acceptors (Lipinski definition) is 4. The largest absolute Gasteiger partial charge is 0.462 e. The Kier molecular flexibility index (Phi) is 3.82. The van der Waals surface area contributed by atoms with Crippen LogP contribution in [-0.2, 0) is 13.8 Å². The van der Waals surface area contributed by atoms with Crippen molar-refractivity contribution >= 4 is 25.7 Å². The summed E-state index contributed by atoms with van der Waals surface area (Å²) >= 11 is 0. The lowest BCUT2D eigenvalue weighted by Crippen LogP contribution is -2.11. The molecular weight excluding hydrogens is 295 g/mol.